The molecule has 7 heteroatoms. The number of nitrogens with zero attached hydrogens (tertiary/aromatic N) is 2. The summed E-state index contributed by atoms with van der Waals surface area (Å²) >= 11 is 0. The van der Waals surface area contributed by atoms with Crippen molar-refractivity contribution < 1.29 is 19.1 Å². The van der Waals surface area contributed by atoms with E-state index in [9.17, 15) is 9.59 Å². The van der Waals surface area contributed by atoms with Crippen LogP contribution in [-0.4, -0.2) is 22.5 Å². The van der Waals surface area contributed by atoms with Crippen LogP contribution < -0.4 is 15.0 Å². The highest BCUT2D eigenvalue weighted by Crippen LogP contribution is 2.45. The van der Waals surface area contributed by atoms with Crippen LogP contribution in [0.2, 0.25) is 0 Å². The normalized spacial score (nSPS) is 22.9. The van der Waals surface area contributed by atoms with Crippen molar-refractivity contribution in [1.29, 1.82) is 0 Å². The van der Waals surface area contributed by atoms with E-state index in [-0.39, 0.29) is 5.91 Å². The molecule has 2 aromatic rings. The Labute approximate surface area is 163 Å². The second-order valence-electron chi connectivity index (χ2n) is 7.82. The van der Waals surface area contributed by atoms with Gasteiger partial charge in [0.1, 0.15) is 11.3 Å². The third-order valence-corrected chi connectivity index (χ3v) is 5.42. The van der Waals surface area contributed by atoms with E-state index < -0.39 is 17.2 Å². The number of pyridine rings is 1. The molecule has 0 aliphatic carbocycles. The molecule has 1 fully saturated rings. The molecule has 3 heterocycles. The van der Waals surface area contributed by atoms with Crippen molar-refractivity contribution in [1.82, 2.24) is 10.3 Å². The molecule has 7 nitrogen and oxygen atoms in total. The average molecular weight is 381 g/mol. The Bertz CT molecular complexity index is 955. The Morgan fingerprint density at radius 3 is 2.61 bits per heavy atom. The van der Waals surface area contributed by atoms with E-state index in [0.29, 0.717) is 23.9 Å². The average Bonchev–Trinajstić information content (AvgIpc) is 3.11. The number of hydrogen-bond acceptors (Lipinski definition) is 5. The molecule has 1 saturated heterocycles. The van der Waals surface area contributed by atoms with Gasteiger partial charge in [0.2, 0.25) is 5.88 Å². The molecular weight excluding hydrogens is 358 g/mol. The molecule has 0 radical (unpaired) electrons. The van der Waals surface area contributed by atoms with Gasteiger partial charge in [0.25, 0.3) is 5.91 Å². The van der Waals surface area contributed by atoms with Crippen LogP contribution in [0.1, 0.15) is 45.2 Å². The Kier molecular flexibility index (Phi) is 4.15. The molecule has 1 atom stereocenters. The van der Waals surface area contributed by atoms with Gasteiger partial charge in [0, 0.05) is 11.6 Å². The van der Waals surface area contributed by atoms with Crippen molar-refractivity contribution in [3.05, 3.63) is 47.7 Å². The fraction of sp³-hybridized carbons (Fsp3) is 0.381. The van der Waals surface area contributed by atoms with Gasteiger partial charge in [-0.05, 0) is 44.9 Å². The molecule has 1 aromatic carbocycles. The van der Waals surface area contributed by atoms with Crippen LogP contribution in [0.15, 0.2) is 36.5 Å². The van der Waals surface area contributed by atoms with Crippen molar-refractivity contribution in [2.75, 3.05) is 4.90 Å². The number of amides is 3. The van der Waals surface area contributed by atoms with Crippen LogP contribution in [0.3, 0.4) is 0 Å². The Hall–Kier alpha value is -2.93. The molecule has 2 aliphatic rings. The van der Waals surface area contributed by atoms with E-state index in [1.807, 2.05) is 18.2 Å². The summed E-state index contributed by atoms with van der Waals surface area (Å²) in [6.45, 7) is 8.03. The molecule has 0 unspecified atom stereocenters. The SMILES string of the molecule is CC[C@@]1(C)OCc2cccc(Oc3ccc(N4C(=O)NC(C)(C)C4=O)cn3)c21. The fourth-order valence-electron chi connectivity index (χ4n) is 3.63. The zero-order valence-electron chi connectivity index (χ0n) is 16.4. The molecule has 1 aromatic heterocycles. The summed E-state index contributed by atoms with van der Waals surface area (Å²) in [4.78, 5) is 29.9. The van der Waals surface area contributed by atoms with Gasteiger partial charge in [0.05, 0.1) is 24.1 Å². The first-order valence-corrected chi connectivity index (χ1v) is 9.32. The van der Waals surface area contributed by atoms with Gasteiger partial charge in [-0.2, -0.15) is 0 Å². The third-order valence-electron chi connectivity index (χ3n) is 5.42. The number of urea groups is 1. The second kappa shape index (κ2) is 6.31. The van der Waals surface area contributed by atoms with E-state index in [1.54, 1.807) is 26.0 Å². The molecule has 1 N–H and O–H groups in total. The molecular formula is C21H23N3O4. The lowest BCUT2D eigenvalue weighted by atomic mass is 9.91. The van der Waals surface area contributed by atoms with E-state index in [4.69, 9.17) is 9.47 Å². The maximum Gasteiger partial charge on any atom is 0.329 e. The molecule has 4 rings (SSSR count). The van der Waals surface area contributed by atoms with Gasteiger partial charge in [-0.3, -0.25) is 4.79 Å². The summed E-state index contributed by atoms with van der Waals surface area (Å²) in [6, 6.07) is 8.72. The number of rotatable bonds is 4. The number of carbonyl (C=O) groups is 2. The number of aromatic nitrogens is 1. The van der Waals surface area contributed by atoms with Gasteiger partial charge in [0.15, 0.2) is 0 Å². The van der Waals surface area contributed by atoms with Crippen molar-refractivity contribution in [3.8, 4) is 11.6 Å². The molecule has 28 heavy (non-hydrogen) atoms. The van der Waals surface area contributed by atoms with Gasteiger partial charge in [-0.15, -0.1) is 0 Å². The number of anilines is 1. The minimum absolute atomic E-state index is 0.315. The maximum atomic E-state index is 12.4. The van der Waals surface area contributed by atoms with E-state index >= 15 is 0 Å². The summed E-state index contributed by atoms with van der Waals surface area (Å²) in [6.07, 6.45) is 2.29. The number of ether oxygens (including phenoxy) is 2. The highest BCUT2D eigenvalue weighted by Gasteiger charge is 2.45. The largest absolute Gasteiger partial charge is 0.439 e. The topological polar surface area (TPSA) is 80.8 Å². The van der Waals surface area contributed by atoms with Gasteiger partial charge in [-0.25, -0.2) is 14.7 Å². The van der Waals surface area contributed by atoms with Gasteiger partial charge >= 0.3 is 6.03 Å². The van der Waals surface area contributed by atoms with E-state index in [0.717, 1.165) is 22.4 Å². The number of benzene rings is 1. The Balaban J connectivity index is 1.60. The molecule has 0 saturated carbocycles. The van der Waals surface area contributed by atoms with Crippen LogP contribution in [0.4, 0.5) is 10.5 Å². The fourth-order valence-corrected chi connectivity index (χ4v) is 3.63. The summed E-state index contributed by atoms with van der Waals surface area (Å²) in [5, 5.41) is 2.65. The first-order chi connectivity index (χ1) is 13.2. The zero-order chi connectivity index (χ0) is 20.1. The van der Waals surface area contributed by atoms with Crippen molar-refractivity contribution in [3.63, 3.8) is 0 Å². The monoisotopic (exact) mass is 381 g/mol. The predicted octanol–water partition coefficient (Wildman–Crippen LogP) is 3.86. The number of carbonyl (C=O) groups excluding carboxylic acids is 2. The van der Waals surface area contributed by atoms with Crippen LogP contribution in [0, 0.1) is 0 Å². The number of fused-ring (bicyclic) bond motifs is 1. The third kappa shape index (κ3) is 2.82. The minimum Gasteiger partial charge on any atom is -0.439 e. The predicted molar refractivity (Wildman–Crippen MR) is 103 cm³/mol. The van der Waals surface area contributed by atoms with Crippen LogP contribution in [-0.2, 0) is 21.7 Å². The lowest BCUT2D eigenvalue weighted by molar-refractivity contribution is -0.121. The summed E-state index contributed by atoms with van der Waals surface area (Å²) in [7, 11) is 0. The lowest BCUT2D eigenvalue weighted by Gasteiger charge is -2.24. The first kappa shape index (κ1) is 18.4. The summed E-state index contributed by atoms with van der Waals surface area (Å²) in [5.41, 5.74) is 1.23. The summed E-state index contributed by atoms with van der Waals surface area (Å²) in [5.74, 6) is 0.772. The lowest BCUT2D eigenvalue weighted by Crippen LogP contribution is -2.40. The quantitative estimate of drug-likeness (QED) is 0.814. The highest BCUT2D eigenvalue weighted by atomic mass is 16.5. The molecule has 0 bridgehead atoms. The van der Waals surface area contributed by atoms with Gasteiger partial charge < -0.3 is 14.8 Å². The maximum absolute atomic E-state index is 12.4. The molecule has 3 amide bonds. The molecule has 146 valence electrons. The number of nitrogens with one attached hydrogen (secondary N) is 1. The van der Waals surface area contributed by atoms with Gasteiger partial charge in [-0.1, -0.05) is 19.1 Å². The number of imide groups is 1. The van der Waals surface area contributed by atoms with Crippen molar-refractivity contribution in [2.24, 2.45) is 0 Å². The van der Waals surface area contributed by atoms with Crippen LogP contribution in [0.5, 0.6) is 11.6 Å². The Morgan fingerprint density at radius 1 is 1.21 bits per heavy atom. The minimum atomic E-state index is -0.929. The number of hydrogen-bond donors (Lipinski definition) is 1. The highest BCUT2D eigenvalue weighted by molar-refractivity contribution is 6.22. The van der Waals surface area contributed by atoms with Crippen LogP contribution >= 0.6 is 0 Å². The van der Waals surface area contributed by atoms with E-state index in [1.165, 1.54) is 6.20 Å². The van der Waals surface area contributed by atoms with E-state index in [2.05, 4.69) is 24.1 Å². The smallest absolute Gasteiger partial charge is 0.329 e. The van der Waals surface area contributed by atoms with Crippen molar-refractivity contribution >= 4 is 17.6 Å². The van der Waals surface area contributed by atoms with Crippen LogP contribution in [0.25, 0.3) is 0 Å². The summed E-state index contributed by atoms with van der Waals surface area (Å²) < 4.78 is 12.0. The second-order valence-corrected chi connectivity index (χ2v) is 7.82. The first-order valence-electron chi connectivity index (χ1n) is 9.32. The Morgan fingerprint density at radius 2 is 2.00 bits per heavy atom. The zero-order valence-corrected chi connectivity index (χ0v) is 16.4. The molecule has 2 aliphatic heterocycles. The standard InChI is InChI=1S/C21H23N3O4/c1-5-21(4)17-13(12-27-21)7-6-8-15(17)28-16-10-9-14(11-22-16)24-18(25)20(2,3)23-19(24)26/h6-11H,5,12H2,1-4H3,(H,23,26)/t21-/m1/s1. The van der Waals surface area contributed by atoms with Crippen molar-refractivity contribution in [2.45, 2.75) is 51.9 Å². The molecule has 0 spiro atoms.